The number of pyridine rings is 1. The number of fused-ring (bicyclic) bond motifs is 1. The smallest absolute Gasteiger partial charge is 0.278 e. The molecule has 1 aromatic carbocycles. The van der Waals surface area contributed by atoms with E-state index in [2.05, 4.69) is 20.6 Å². The summed E-state index contributed by atoms with van der Waals surface area (Å²) in [6, 6.07) is 10.5. The van der Waals surface area contributed by atoms with Gasteiger partial charge < -0.3 is 0 Å². The fraction of sp³-hybridized carbons (Fsp3) is 0.261. The van der Waals surface area contributed by atoms with Crippen LogP contribution in [-0.2, 0) is 19.6 Å². The Morgan fingerprint density at radius 2 is 2.00 bits per heavy atom. The first kappa shape index (κ1) is 21.1. The van der Waals surface area contributed by atoms with E-state index in [4.69, 9.17) is 11.6 Å². The molecule has 0 amide bonds. The van der Waals surface area contributed by atoms with Crippen molar-refractivity contribution in [2.75, 3.05) is 5.43 Å². The number of nitrogens with one attached hydrogen (secondary N) is 1. The van der Waals surface area contributed by atoms with Crippen molar-refractivity contribution in [3.8, 4) is 0 Å². The van der Waals surface area contributed by atoms with Gasteiger partial charge in [0.25, 0.3) is 5.56 Å². The molecule has 1 N–H and O–H groups in total. The minimum atomic E-state index is -0.377. The van der Waals surface area contributed by atoms with E-state index in [0.29, 0.717) is 29.8 Å². The van der Waals surface area contributed by atoms with Gasteiger partial charge in [-0.25, -0.2) is 4.79 Å². The standard InChI is InChI=1S/C23H22ClN7O2/c24-18-4-5-20-19(12-18)17(6-8-25-20)14-26-28-21-13-22(32)30(11-10-29-9-1-7-27-29)23(33)31(21)15-16-2-3-16/h1,4-9,12-14,16,28H,2-3,10-11,15H2/b26-14+. The average molecular weight is 464 g/mol. The highest BCUT2D eigenvalue weighted by molar-refractivity contribution is 6.31. The Labute approximate surface area is 194 Å². The van der Waals surface area contributed by atoms with Crippen LogP contribution in [0.4, 0.5) is 5.82 Å². The van der Waals surface area contributed by atoms with E-state index in [1.54, 1.807) is 46.2 Å². The van der Waals surface area contributed by atoms with E-state index in [1.165, 1.54) is 10.6 Å². The van der Waals surface area contributed by atoms with E-state index in [9.17, 15) is 9.59 Å². The minimum absolute atomic E-state index is 0.247. The average Bonchev–Trinajstić information content (AvgIpc) is 3.48. The van der Waals surface area contributed by atoms with Crippen molar-refractivity contribution in [3.05, 3.63) is 86.4 Å². The molecule has 5 rings (SSSR count). The normalized spacial score (nSPS) is 13.7. The highest BCUT2D eigenvalue weighted by Crippen LogP contribution is 2.30. The highest BCUT2D eigenvalue weighted by Gasteiger charge is 2.24. The van der Waals surface area contributed by atoms with Crippen LogP contribution in [-0.4, -0.2) is 30.1 Å². The molecule has 0 bridgehead atoms. The van der Waals surface area contributed by atoms with Crippen LogP contribution < -0.4 is 16.7 Å². The van der Waals surface area contributed by atoms with Crippen molar-refractivity contribution >= 4 is 34.5 Å². The summed E-state index contributed by atoms with van der Waals surface area (Å²) in [7, 11) is 0. The van der Waals surface area contributed by atoms with E-state index in [0.717, 1.165) is 29.3 Å². The topological polar surface area (TPSA) is 99.1 Å². The molecule has 1 aliphatic rings. The lowest BCUT2D eigenvalue weighted by molar-refractivity contribution is 0.478. The lowest BCUT2D eigenvalue weighted by Crippen LogP contribution is -2.41. The number of rotatable bonds is 8. The molecular formula is C23H22ClN7O2. The predicted octanol–water partition coefficient (Wildman–Crippen LogP) is 2.96. The summed E-state index contributed by atoms with van der Waals surface area (Å²) in [5.74, 6) is 0.815. The molecule has 3 heterocycles. The van der Waals surface area contributed by atoms with Gasteiger partial charge in [0.1, 0.15) is 5.82 Å². The summed E-state index contributed by atoms with van der Waals surface area (Å²) in [5.41, 5.74) is 3.80. The molecule has 0 saturated heterocycles. The van der Waals surface area contributed by atoms with Crippen LogP contribution in [0.15, 0.2) is 69.7 Å². The van der Waals surface area contributed by atoms with Gasteiger partial charge in [-0.1, -0.05) is 11.6 Å². The van der Waals surface area contributed by atoms with Gasteiger partial charge in [0.15, 0.2) is 0 Å². The molecule has 1 fully saturated rings. The zero-order valence-electron chi connectivity index (χ0n) is 17.8. The fourth-order valence-electron chi connectivity index (χ4n) is 3.70. The number of aromatic nitrogens is 5. The third-order valence-corrected chi connectivity index (χ3v) is 5.88. The second-order valence-electron chi connectivity index (χ2n) is 8.06. The molecule has 10 heteroatoms. The molecule has 0 unspecified atom stereocenters. The van der Waals surface area contributed by atoms with Crippen LogP contribution in [0, 0.1) is 5.92 Å². The first-order valence-corrected chi connectivity index (χ1v) is 11.1. The van der Waals surface area contributed by atoms with Gasteiger partial charge in [0.05, 0.1) is 24.8 Å². The zero-order valence-corrected chi connectivity index (χ0v) is 18.5. The molecule has 3 aromatic heterocycles. The number of anilines is 1. The Bertz CT molecular complexity index is 1440. The van der Waals surface area contributed by atoms with Crippen molar-refractivity contribution in [3.63, 3.8) is 0 Å². The summed E-state index contributed by atoms with van der Waals surface area (Å²) in [4.78, 5) is 30.2. The molecule has 0 atom stereocenters. The van der Waals surface area contributed by atoms with Gasteiger partial charge in [-0.05, 0) is 49.1 Å². The summed E-state index contributed by atoms with van der Waals surface area (Å²) in [6.45, 7) is 1.23. The lowest BCUT2D eigenvalue weighted by atomic mass is 10.1. The first-order valence-electron chi connectivity index (χ1n) is 10.7. The van der Waals surface area contributed by atoms with Crippen LogP contribution in [0.25, 0.3) is 10.9 Å². The third kappa shape index (κ3) is 4.73. The lowest BCUT2D eigenvalue weighted by Gasteiger charge is -2.14. The number of benzene rings is 1. The van der Waals surface area contributed by atoms with Crippen LogP contribution >= 0.6 is 11.6 Å². The highest BCUT2D eigenvalue weighted by atomic mass is 35.5. The van der Waals surface area contributed by atoms with Gasteiger partial charge >= 0.3 is 5.69 Å². The van der Waals surface area contributed by atoms with Crippen molar-refractivity contribution in [2.45, 2.75) is 32.5 Å². The number of hydrogen-bond acceptors (Lipinski definition) is 6. The predicted molar refractivity (Wildman–Crippen MR) is 128 cm³/mol. The molecule has 9 nitrogen and oxygen atoms in total. The number of nitrogens with zero attached hydrogens (tertiary/aromatic N) is 6. The Balaban J connectivity index is 1.43. The largest absolute Gasteiger partial charge is 0.332 e. The van der Waals surface area contributed by atoms with Crippen LogP contribution in [0.2, 0.25) is 5.02 Å². The van der Waals surface area contributed by atoms with E-state index >= 15 is 0 Å². The minimum Gasteiger partial charge on any atom is -0.278 e. The second kappa shape index (κ2) is 9.03. The molecule has 0 spiro atoms. The molecule has 33 heavy (non-hydrogen) atoms. The van der Waals surface area contributed by atoms with Gasteiger partial charge in [0, 0.05) is 47.2 Å². The Kier molecular flexibility index (Phi) is 5.78. The van der Waals surface area contributed by atoms with Crippen LogP contribution in [0.1, 0.15) is 18.4 Å². The molecule has 168 valence electrons. The van der Waals surface area contributed by atoms with Crippen molar-refractivity contribution < 1.29 is 0 Å². The first-order chi connectivity index (χ1) is 16.1. The molecule has 4 aromatic rings. The number of halogens is 1. The number of aryl methyl sites for hydroxylation is 1. The van der Waals surface area contributed by atoms with Gasteiger partial charge in [-0.2, -0.15) is 10.2 Å². The Morgan fingerprint density at radius 1 is 1.12 bits per heavy atom. The summed E-state index contributed by atoms with van der Waals surface area (Å²) in [6.07, 6.45) is 8.95. The second-order valence-corrected chi connectivity index (χ2v) is 8.49. The third-order valence-electron chi connectivity index (χ3n) is 5.65. The summed E-state index contributed by atoms with van der Waals surface area (Å²) in [5, 5.41) is 9.91. The molecule has 1 aliphatic carbocycles. The van der Waals surface area contributed by atoms with Crippen molar-refractivity contribution in [1.29, 1.82) is 0 Å². The summed E-state index contributed by atoms with van der Waals surface area (Å²) >= 11 is 6.14. The molecule has 0 radical (unpaired) electrons. The van der Waals surface area contributed by atoms with Crippen LogP contribution in [0.3, 0.4) is 0 Å². The van der Waals surface area contributed by atoms with Gasteiger partial charge in [-0.15, -0.1) is 0 Å². The van der Waals surface area contributed by atoms with Gasteiger partial charge in [-0.3, -0.25) is 29.0 Å². The van der Waals surface area contributed by atoms with Crippen molar-refractivity contribution in [2.24, 2.45) is 11.0 Å². The Morgan fingerprint density at radius 3 is 2.79 bits per heavy atom. The molecule has 1 saturated carbocycles. The summed E-state index contributed by atoms with van der Waals surface area (Å²) < 4.78 is 4.54. The maximum atomic E-state index is 13.2. The van der Waals surface area contributed by atoms with E-state index in [-0.39, 0.29) is 17.8 Å². The number of hydrazone groups is 1. The van der Waals surface area contributed by atoms with Gasteiger partial charge in [0.2, 0.25) is 0 Å². The fourth-order valence-corrected chi connectivity index (χ4v) is 3.88. The number of hydrogen-bond donors (Lipinski definition) is 1. The quantitative estimate of drug-likeness (QED) is 0.320. The zero-order chi connectivity index (χ0) is 22.8. The molecule has 0 aliphatic heterocycles. The van der Waals surface area contributed by atoms with Crippen molar-refractivity contribution in [1.82, 2.24) is 23.9 Å². The maximum Gasteiger partial charge on any atom is 0.332 e. The van der Waals surface area contributed by atoms with E-state index < -0.39 is 0 Å². The SMILES string of the molecule is O=c1cc(N/N=C/c2ccnc3ccc(Cl)cc23)n(CC2CC2)c(=O)n1CCn1cccn1. The Hall–Kier alpha value is -3.72. The molecular weight excluding hydrogens is 442 g/mol. The maximum absolute atomic E-state index is 13.2. The monoisotopic (exact) mass is 463 g/mol. The van der Waals surface area contributed by atoms with E-state index in [1.807, 2.05) is 18.2 Å². The van der Waals surface area contributed by atoms with Crippen LogP contribution in [0.5, 0.6) is 0 Å².